The van der Waals surface area contributed by atoms with Crippen molar-refractivity contribution in [2.45, 2.75) is 35.2 Å². The Morgan fingerprint density at radius 2 is 2.05 bits per heavy atom. The van der Waals surface area contributed by atoms with E-state index in [9.17, 15) is 29.1 Å². The molecule has 0 bridgehead atoms. The summed E-state index contributed by atoms with van der Waals surface area (Å²) >= 11 is 3.76. The van der Waals surface area contributed by atoms with E-state index in [-0.39, 0.29) is 17.4 Å². The third-order valence-corrected chi connectivity index (χ3v) is 9.92. The molecule has 15 nitrogen and oxygen atoms in total. The molecule has 0 spiro atoms. The molecular weight excluding hydrogens is 607 g/mol. The molecule has 1 saturated heterocycles. The number of anilines is 1. The second-order valence-electron chi connectivity index (χ2n) is 9.25. The van der Waals surface area contributed by atoms with Gasteiger partial charge in [-0.05, 0) is 46.9 Å². The molecule has 0 aliphatic carbocycles. The van der Waals surface area contributed by atoms with Crippen LogP contribution >= 0.6 is 34.9 Å². The van der Waals surface area contributed by atoms with Gasteiger partial charge in [-0.25, -0.2) is 19.0 Å². The van der Waals surface area contributed by atoms with Crippen LogP contribution in [0.25, 0.3) is 11.0 Å². The van der Waals surface area contributed by atoms with Crippen LogP contribution in [0.3, 0.4) is 0 Å². The zero-order chi connectivity index (χ0) is 29.5. The van der Waals surface area contributed by atoms with Crippen molar-refractivity contribution in [3.8, 4) is 0 Å². The molecule has 2 aliphatic rings. The van der Waals surface area contributed by atoms with Crippen molar-refractivity contribution < 1.29 is 24.3 Å². The SMILES string of the molecule is CC(Sc1nn[nH]n1)C1=C(C(=O)O)N2C(=O)C(NC(=O)Cc3ccsc3NC(=O)n3c(=O)[nH]c4ccccc43)[C@@H]2SC1. The molecule has 5 heterocycles. The number of thiophene rings is 1. The quantitative estimate of drug-likeness (QED) is 0.139. The molecule has 4 aromatic rings. The predicted molar refractivity (Wildman–Crippen MR) is 154 cm³/mol. The molecule has 18 heteroatoms. The summed E-state index contributed by atoms with van der Waals surface area (Å²) in [4.78, 5) is 67.4. The molecule has 1 aromatic carbocycles. The number of carbonyl (C=O) groups is 4. The number of aromatic nitrogens is 6. The van der Waals surface area contributed by atoms with Crippen molar-refractivity contribution in [3.05, 3.63) is 63.0 Å². The Hall–Kier alpha value is -4.42. The van der Waals surface area contributed by atoms with Crippen molar-refractivity contribution in [1.82, 2.24) is 40.4 Å². The van der Waals surface area contributed by atoms with Gasteiger partial charge in [-0.3, -0.25) is 19.8 Å². The van der Waals surface area contributed by atoms with Crippen LogP contribution < -0.4 is 16.3 Å². The molecule has 1 fully saturated rings. The van der Waals surface area contributed by atoms with E-state index in [2.05, 4.69) is 36.2 Å². The van der Waals surface area contributed by atoms with Gasteiger partial charge in [-0.1, -0.05) is 23.9 Å². The van der Waals surface area contributed by atoms with Gasteiger partial charge in [0.1, 0.15) is 22.1 Å². The van der Waals surface area contributed by atoms with Crippen LogP contribution in [-0.4, -0.2) is 86.4 Å². The lowest BCUT2D eigenvalue weighted by Crippen LogP contribution is -2.70. The first-order valence-electron chi connectivity index (χ1n) is 12.4. The fraction of sp³-hybridized carbons (Fsp3) is 0.250. The Morgan fingerprint density at radius 1 is 1.24 bits per heavy atom. The zero-order valence-electron chi connectivity index (χ0n) is 21.6. The van der Waals surface area contributed by atoms with Crippen LogP contribution in [0.2, 0.25) is 0 Å². The average Bonchev–Trinajstić information content (AvgIpc) is 3.71. The first-order valence-corrected chi connectivity index (χ1v) is 15.2. The van der Waals surface area contributed by atoms with E-state index in [0.29, 0.717) is 38.1 Å². The molecule has 42 heavy (non-hydrogen) atoms. The summed E-state index contributed by atoms with van der Waals surface area (Å²) in [6.45, 7) is 1.80. The number of benzene rings is 1. The number of hydrogen-bond donors (Lipinski definition) is 5. The van der Waals surface area contributed by atoms with Crippen LogP contribution in [0.5, 0.6) is 0 Å². The number of rotatable bonds is 8. The van der Waals surface area contributed by atoms with Crippen molar-refractivity contribution in [2.24, 2.45) is 0 Å². The van der Waals surface area contributed by atoms with Crippen molar-refractivity contribution in [1.29, 1.82) is 0 Å². The number of carboxylic acids is 1. The molecule has 3 aromatic heterocycles. The molecule has 3 amide bonds. The van der Waals surface area contributed by atoms with Gasteiger partial charge in [0.15, 0.2) is 0 Å². The molecular formula is C24H21N9O6S3. The molecule has 216 valence electrons. The van der Waals surface area contributed by atoms with Crippen LogP contribution in [0.15, 0.2) is 56.9 Å². The second kappa shape index (κ2) is 11.1. The van der Waals surface area contributed by atoms with Gasteiger partial charge in [0, 0.05) is 11.0 Å². The number of para-hydroxylation sites is 2. The molecule has 0 radical (unpaired) electrons. The number of imidazole rings is 1. The number of H-pyrrole nitrogens is 2. The van der Waals surface area contributed by atoms with E-state index in [1.54, 1.807) is 42.6 Å². The maximum absolute atomic E-state index is 13.1. The fourth-order valence-electron chi connectivity index (χ4n) is 4.78. The third-order valence-electron chi connectivity index (χ3n) is 6.73. The van der Waals surface area contributed by atoms with Gasteiger partial charge < -0.3 is 15.4 Å². The summed E-state index contributed by atoms with van der Waals surface area (Å²) in [5, 5.41) is 30.5. The lowest BCUT2D eigenvalue weighted by atomic mass is 10.0. The maximum atomic E-state index is 13.1. The number of thioether (sulfide) groups is 2. The third kappa shape index (κ3) is 4.96. The van der Waals surface area contributed by atoms with Crippen molar-refractivity contribution >= 4 is 74.7 Å². The average molecular weight is 628 g/mol. The van der Waals surface area contributed by atoms with E-state index in [4.69, 9.17) is 0 Å². The number of tetrazole rings is 1. The summed E-state index contributed by atoms with van der Waals surface area (Å²) in [6, 6.07) is 6.85. The number of nitrogens with one attached hydrogen (secondary N) is 4. The monoisotopic (exact) mass is 627 g/mol. The number of aliphatic carboxylic acids is 1. The minimum absolute atomic E-state index is 0.104. The largest absolute Gasteiger partial charge is 0.477 e. The Labute approximate surface area is 248 Å². The number of aromatic amines is 2. The first kappa shape index (κ1) is 27.7. The van der Waals surface area contributed by atoms with Gasteiger partial charge >= 0.3 is 17.7 Å². The van der Waals surface area contributed by atoms with Gasteiger partial charge in [0.25, 0.3) is 5.91 Å². The van der Waals surface area contributed by atoms with Crippen molar-refractivity contribution in [3.63, 3.8) is 0 Å². The van der Waals surface area contributed by atoms with Crippen LogP contribution in [0.4, 0.5) is 9.80 Å². The summed E-state index contributed by atoms with van der Waals surface area (Å²) < 4.78 is 0.976. The Balaban J connectivity index is 1.12. The molecule has 2 aliphatic heterocycles. The molecule has 2 unspecified atom stereocenters. The minimum Gasteiger partial charge on any atom is -0.477 e. The smallest absolute Gasteiger partial charge is 0.352 e. The van der Waals surface area contributed by atoms with E-state index >= 15 is 0 Å². The molecule has 0 saturated carbocycles. The fourth-order valence-corrected chi connectivity index (χ4v) is 8.00. The van der Waals surface area contributed by atoms with Crippen molar-refractivity contribution in [2.75, 3.05) is 11.1 Å². The standard InChI is InChI=1S/C24H21N9O6S3/c1-10(42-22-28-30-31-29-22)12-9-41-20-16(19(35)33(20)17(12)21(36)37)26-15(34)8-11-6-7-40-18(11)27-24(39)32-14-5-3-2-4-13(14)25-23(32)38/h2-7,10,16,20H,8-9H2,1H3,(H,25,38)(H,26,34)(H,27,39)(H,36,37)(H,28,29,30,31)/t10?,16?,20-/m0/s1. The lowest BCUT2D eigenvalue weighted by Gasteiger charge is -2.50. The number of nitrogens with zero attached hydrogens (tertiary/aromatic N) is 5. The molecule has 6 rings (SSSR count). The zero-order valence-corrected chi connectivity index (χ0v) is 24.0. The van der Waals surface area contributed by atoms with Crippen LogP contribution in [0, 0.1) is 0 Å². The summed E-state index contributed by atoms with van der Waals surface area (Å²) in [7, 11) is 0. The van der Waals surface area contributed by atoms with E-state index in [0.717, 1.165) is 4.57 Å². The number of carbonyl (C=O) groups excluding carboxylic acids is 3. The summed E-state index contributed by atoms with van der Waals surface area (Å²) in [5.74, 6) is -1.89. The van der Waals surface area contributed by atoms with E-state index in [1.807, 2.05) is 0 Å². The highest BCUT2D eigenvalue weighted by molar-refractivity contribution is 8.01. The van der Waals surface area contributed by atoms with E-state index < -0.39 is 40.9 Å². The molecule has 5 N–H and O–H groups in total. The number of hydrogen-bond acceptors (Lipinski definition) is 11. The Bertz CT molecular complexity index is 1810. The highest BCUT2D eigenvalue weighted by atomic mass is 32.2. The second-order valence-corrected chi connectivity index (χ2v) is 12.6. The maximum Gasteiger partial charge on any atom is 0.352 e. The Morgan fingerprint density at radius 3 is 2.81 bits per heavy atom. The first-order chi connectivity index (χ1) is 20.2. The molecule has 3 atom stereocenters. The highest BCUT2D eigenvalue weighted by Gasteiger charge is 2.54. The van der Waals surface area contributed by atoms with Gasteiger partial charge in [-0.15, -0.1) is 33.3 Å². The topological polar surface area (TPSA) is 208 Å². The van der Waals surface area contributed by atoms with Gasteiger partial charge in [-0.2, -0.15) is 5.21 Å². The number of β-lactam (4-membered cyclic amide) rings is 1. The van der Waals surface area contributed by atoms with Gasteiger partial charge in [0.2, 0.25) is 11.1 Å². The van der Waals surface area contributed by atoms with Gasteiger partial charge in [0.05, 0.1) is 17.5 Å². The Kier molecular flexibility index (Phi) is 7.33. The number of carboxylic acid groups (broad SMARTS) is 1. The number of fused-ring (bicyclic) bond motifs is 2. The summed E-state index contributed by atoms with van der Waals surface area (Å²) in [6.07, 6.45) is -0.145. The van der Waals surface area contributed by atoms with Crippen LogP contribution in [0.1, 0.15) is 12.5 Å². The normalized spacial score (nSPS) is 18.9. The predicted octanol–water partition coefficient (Wildman–Crippen LogP) is 1.45. The summed E-state index contributed by atoms with van der Waals surface area (Å²) in [5.41, 5.74) is 1.27. The highest BCUT2D eigenvalue weighted by Crippen LogP contribution is 2.43. The van der Waals surface area contributed by atoms with Crippen LogP contribution in [-0.2, 0) is 20.8 Å². The number of amides is 3. The minimum atomic E-state index is -1.23. The van der Waals surface area contributed by atoms with E-state index in [1.165, 1.54) is 39.8 Å². The lowest BCUT2D eigenvalue weighted by molar-refractivity contribution is -0.150.